The lowest BCUT2D eigenvalue weighted by atomic mass is 9.58. The van der Waals surface area contributed by atoms with Crippen LogP contribution in [0.25, 0.3) is 0 Å². The molecule has 4 unspecified atom stereocenters. The van der Waals surface area contributed by atoms with E-state index in [-0.39, 0.29) is 0 Å². The third-order valence-electron chi connectivity index (χ3n) is 7.34. The summed E-state index contributed by atoms with van der Waals surface area (Å²) in [4.78, 5) is 0. The molecule has 1 aliphatic heterocycles. The smallest absolute Gasteiger partial charge is 0.122 e. The number of thioether (sulfide) groups is 1. The van der Waals surface area contributed by atoms with Gasteiger partial charge >= 0.3 is 0 Å². The van der Waals surface area contributed by atoms with Gasteiger partial charge in [-0.15, -0.1) is 0 Å². The van der Waals surface area contributed by atoms with Crippen LogP contribution in [0.1, 0.15) is 77.6 Å². The lowest BCUT2D eigenvalue weighted by Gasteiger charge is -2.46. The molecular formula is C20H37BS3. The first-order valence-corrected chi connectivity index (χ1v) is 12.4. The Labute approximate surface area is 166 Å². The van der Waals surface area contributed by atoms with E-state index in [4.69, 9.17) is 25.3 Å². The zero-order valence-corrected chi connectivity index (χ0v) is 18.4. The molecule has 0 N–H and O–H groups in total. The van der Waals surface area contributed by atoms with Crippen LogP contribution in [0, 0.1) is 23.7 Å². The van der Waals surface area contributed by atoms with Crippen molar-refractivity contribution < 1.29 is 0 Å². The van der Waals surface area contributed by atoms with Crippen molar-refractivity contribution in [3.8, 4) is 0 Å². The van der Waals surface area contributed by atoms with Gasteiger partial charge in [0.05, 0.1) is 0 Å². The van der Waals surface area contributed by atoms with E-state index < -0.39 is 0 Å². The van der Waals surface area contributed by atoms with Gasteiger partial charge in [0, 0.05) is 4.75 Å². The van der Waals surface area contributed by atoms with E-state index in [2.05, 4.69) is 26.5 Å². The molecular weight excluding hydrogens is 347 g/mol. The average Bonchev–Trinajstić information content (AvgIpc) is 2.68. The monoisotopic (exact) mass is 384 g/mol. The molecule has 4 heteroatoms. The molecule has 4 atom stereocenters. The van der Waals surface area contributed by atoms with Crippen molar-refractivity contribution in [2.24, 2.45) is 23.7 Å². The van der Waals surface area contributed by atoms with Gasteiger partial charge in [0.1, 0.15) is 7.85 Å². The van der Waals surface area contributed by atoms with Gasteiger partial charge in [-0.1, -0.05) is 39.0 Å². The van der Waals surface area contributed by atoms with Crippen LogP contribution in [0.4, 0.5) is 0 Å². The minimum absolute atomic E-state index is 0.293. The van der Waals surface area contributed by atoms with Gasteiger partial charge in [-0.05, 0) is 78.3 Å². The number of hydrogen-bond donors (Lipinski definition) is 2. The first kappa shape index (κ1) is 19.9. The molecule has 138 valence electrons. The second kappa shape index (κ2) is 8.42. The zero-order valence-electron chi connectivity index (χ0n) is 15.8. The Kier molecular flexibility index (Phi) is 6.97. The minimum atomic E-state index is 0.293. The van der Waals surface area contributed by atoms with Crippen LogP contribution in [0.3, 0.4) is 0 Å². The number of fused-ring (bicyclic) bond motifs is 1. The molecule has 0 aromatic rings. The highest BCUT2D eigenvalue weighted by atomic mass is 32.2. The summed E-state index contributed by atoms with van der Waals surface area (Å²) >= 11 is 12.2. The summed E-state index contributed by atoms with van der Waals surface area (Å²) in [6, 6.07) is 0. The quantitative estimate of drug-likeness (QED) is 0.471. The van der Waals surface area contributed by atoms with Gasteiger partial charge in [-0.25, -0.2) is 0 Å². The fraction of sp³-hybridized carbons (Fsp3) is 1.00. The van der Waals surface area contributed by atoms with Gasteiger partial charge < -0.3 is 0 Å². The fourth-order valence-corrected chi connectivity index (χ4v) is 7.99. The Morgan fingerprint density at radius 3 is 2.38 bits per heavy atom. The summed E-state index contributed by atoms with van der Waals surface area (Å²) in [7, 11) is 2.43. The van der Waals surface area contributed by atoms with Crippen molar-refractivity contribution in [2.75, 3.05) is 11.5 Å². The van der Waals surface area contributed by atoms with Gasteiger partial charge in [0.25, 0.3) is 0 Å². The summed E-state index contributed by atoms with van der Waals surface area (Å²) in [6.45, 7) is 2.35. The molecule has 0 bridgehead atoms. The van der Waals surface area contributed by atoms with Crippen LogP contribution >= 0.6 is 37.0 Å². The molecule has 2 saturated carbocycles. The van der Waals surface area contributed by atoms with E-state index in [0.29, 0.717) is 9.39 Å². The highest BCUT2D eigenvalue weighted by Gasteiger charge is 2.43. The van der Waals surface area contributed by atoms with E-state index in [1.165, 1.54) is 82.1 Å². The Morgan fingerprint density at radius 2 is 1.67 bits per heavy atom. The van der Waals surface area contributed by atoms with Crippen LogP contribution in [-0.2, 0) is 0 Å². The van der Waals surface area contributed by atoms with Crippen molar-refractivity contribution in [3.05, 3.63) is 0 Å². The molecule has 0 aromatic carbocycles. The summed E-state index contributed by atoms with van der Waals surface area (Å²) in [5, 5.41) is 0. The third-order valence-corrected chi connectivity index (χ3v) is 9.53. The predicted octanol–water partition coefficient (Wildman–Crippen LogP) is 5.46. The molecule has 0 nitrogen and oxygen atoms in total. The number of hydrogen-bond acceptors (Lipinski definition) is 3. The molecule has 1 heterocycles. The normalized spacial score (nSPS) is 48.0. The first-order valence-electron chi connectivity index (χ1n) is 10.4. The van der Waals surface area contributed by atoms with E-state index in [9.17, 15) is 0 Å². The van der Waals surface area contributed by atoms with E-state index in [1.807, 2.05) is 0 Å². The average molecular weight is 385 g/mol. The molecule has 0 spiro atoms. The summed E-state index contributed by atoms with van der Waals surface area (Å²) in [6.07, 6.45) is 15.4. The first-order chi connectivity index (χ1) is 11.4. The van der Waals surface area contributed by atoms with Crippen LogP contribution in [0.5, 0.6) is 0 Å². The molecule has 3 rings (SSSR count). The molecule has 0 radical (unpaired) electrons. The standard InChI is InChI=1S/C20H37BS3/c1-19(22)9-2-5-15(6-3-10-19)13-16-14-24-12-8-18-17(16)7-4-11-20(18,21)23/h15-18,22-23H,2-14,21H2,1H3. The highest BCUT2D eigenvalue weighted by Crippen LogP contribution is 2.50. The maximum atomic E-state index is 5.13. The van der Waals surface area contributed by atoms with Crippen molar-refractivity contribution in [2.45, 2.75) is 86.9 Å². The maximum Gasteiger partial charge on any atom is 0.122 e. The summed E-state index contributed by atoms with van der Waals surface area (Å²) in [5.41, 5.74) is 0. The molecule has 2 aliphatic carbocycles. The van der Waals surface area contributed by atoms with Gasteiger partial charge in [0.2, 0.25) is 0 Å². The second-order valence-corrected chi connectivity index (χ2v) is 12.8. The van der Waals surface area contributed by atoms with Crippen LogP contribution in [-0.4, -0.2) is 28.7 Å². The van der Waals surface area contributed by atoms with Gasteiger partial charge in [0.15, 0.2) is 0 Å². The number of rotatable bonds is 2. The van der Waals surface area contributed by atoms with Gasteiger partial charge in [-0.2, -0.15) is 37.0 Å². The molecule has 1 saturated heterocycles. The summed E-state index contributed by atoms with van der Waals surface area (Å²) in [5.74, 6) is 6.55. The Balaban J connectivity index is 1.62. The second-order valence-electron chi connectivity index (χ2n) is 9.53. The molecule has 24 heavy (non-hydrogen) atoms. The van der Waals surface area contributed by atoms with Gasteiger partial charge in [-0.3, -0.25) is 0 Å². The van der Waals surface area contributed by atoms with E-state index in [1.54, 1.807) is 0 Å². The lowest BCUT2D eigenvalue weighted by Crippen LogP contribution is -2.44. The summed E-state index contributed by atoms with van der Waals surface area (Å²) < 4.78 is 0.590. The highest BCUT2D eigenvalue weighted by molar-refractivity contribution is 7.99. The van der Waals surface area contributed by atoms with Crippen molar-refractivity contribution in [1.82, 2.24) is 0 Å². The third kappa shape index (κ3) is 5.09. The van der Waals surface area contributed by atoms with Crippen LogP contribution in [0.15, 0.2) is 0 Å². The molecule has 3 aliphatic rings. The van der Waals surface area contributed by atoms with Crippen molar-refractivity contribution in [3.63, 3.8) is 0 Å². The Morgan fingerprint density at radius 1 is 1.00 bits per heavy atom. The number of thiol groups is 2. The minimum Gasteiger partial charge on any atom is -0.181 e. The molecule has 0 aromatic heterocycles. The van der Waals surface area contributed by atoms with E-state index in [0.717, 1.165) is 23.7 Å². The predicted molar refractivity (Wildman–Crippen MR) is 120 cm³/mol. The fourth-order valence-electron chi connectivity index (χ4n) is 5.92. The van der Waals surface area contributed by atoms with E-state index >= 15 is 0 Å². The van der Waals surface area contributed by atoms with Crippen molar-refractivity contribution >= 4 is 44.9 Å². The molecule has 0 amide bonds. The largest absolute Gasteiger partial charge is 0.181 e. The molecule has 3 fully saturated rings. The lowest BCUT2D eigenvalue weighted by molar-refractivity contribution is 0.140. The SMILES string of the molecule is BC1(S)CCCC2C(CC3CCCC(C)(S)CCC3)CSCCC21. The van der Waals surface area contributed by atoms with Crippen LogP contribution < -0.4 is 0 Å². The topological polar surface area (TPSA) is 0 Å². The Hall–Kier alpha value is 1.11. The van der Waals surface area contributed by atoms with Crippen LogP contribution in [0.2, 0.25) is 0 Å². The van der Waals surface area contributed by atoms with Crippen molar-refractivity contribution in [1.29, 1.82) is 0 Å². The maximum absolute atomic E-state index is 5.13. The Bertz CT molecular complexity index is 398. The zero-order chi connectivity index (χ0) is 17.2.